The number of hydrogen-bond donors (Lipinski definition) is 3. The lowest BCUT2D eigenvalue weighted by Crippen LogP contribution is -3.12. The number of benzene rings is 1. The lowest BCUT2D eigenvalue weighted by atomic mass is 10.2. The molecule has 2 aliphatic rings. The average molecular weight is 404 g/mol. The molecule has 0 amide bonds. The topological polar surface area (TPSA) is 66.8 Å². The summed E-state index contributed by atoms with van der Waals surface area (Å²) in [7, 11) is 2.25. The Morgan fingerprint density at radius 1 is 1.25 bits per heavy atom. The van der Waals surface area contributed by atoms with E-state index >= 15 is 0 Å². The fourth-order valence-electron chi connectivity index (χ4n) is 3.60. The van der Waals surface area contributed by atoms with E-state index in [9.17, 15) is 0 Å². The number of likely N-dealkylation sites (N-methyl/N-ethyl adjacent to an activating group) is 1. The predicted octanol–water partition coefficient (Wildman–Crippen LogP) is 1.80. The fourth-order valence-corrected chi connectivity index (χ4v) is 3.76. The summed E-state index contributed by atoms with van der Waals surface area (Å²) in [4.78, 5) is 12.8. The minimum Gasteiger partial charge on any atom is -0.376 e. The van der Waals surface area contributed by atoms with Crippen LogP contribution in [0.4, 0.5) is 23.1 Å². The van der Waals surface area contributed by atoms with E-state index in [1.54, 1.807) is 11.1 Å². The van der Waals surface area contributed by atoms with Crippen LogP contribution in [-0.2, 0) is 4.74 Å². The summed E-state index contributed by atoms with van der Waals surface area (Å²) in [5.41, 5.74) is 2.21. The molecule has 2 aromatic rings. The van der Waals surface area contributed by atoms with Gasteiger partial charge in [0, 0.05) is 24.5 Å². The number of rotatable bonds is 6. The average Bonchev–Trinajstić information content (AvgIpc) is 3.23. The van der Waals surface area contributed by atoms with Crippen LogP contribution in [-0.4, -0.2) is 62.5 Å². The molecule has 0 bridgehead atoms. The van der Waals surface area contributed by atoms with Crippen LogP contribution >= 0.6 is 11.6 Å². The van der Waals surface area contributed by atoms with Crippen LogP contribution in [0.5, 0.6) is 0 Å². The van der Waals surface area contributed by atoms with Gasteiger partial charge in [0.1, 0.15) is 5.02 Å². The minimum atomic E-state index is 0.228. The van der Waals surface area contributed by atoms with E-state index < -0.39 is 0 Å². The first-order chi connectivity index (χ1) is 13.7. The Hall–Kier alpha value is -2.09. The van der Waals surface area contributed by atoms with E-state index in [1.165, 1.54) is 18.8 Å². The SMILES string of the molecule is C[NH+]1CCN(c2ccc(Nc3ncc(Cl)c(NC[C@H]4CCCO4)n3)cc2)CC1. The maximum atomic E-state index is 6.24. The number of anilines is 4. The van der Waals surface area contributed by atoms with Crippen molar-refractivity contribution in [2.75, 3.05) is 61.9 Å². The smallest absolute Gasteiger partial charge is 0.229 e. The van der Waals surface area contributed by atoms with Gasteiger partial charge in [-0.3, -0.25) is 0 Å². The first-order valence-corrected chi connectivity index (χ1v) is 10.4. The van der Waals surface area contributed by atoms with E-state index in [1.807, 2.05) is 0 Å². The van der Waals surface area contributed by atoms with Crippen molar-refractivity contribution in [3.63, 3.8) is 0 Å². The fraction of sp³-hybridized carbons (Fsp3) is 0.500. The largest absolute Gasteiger partial charge is 0.376 e. The third-order valence-corrected chi connectivity index (χ3v) is 5.65. The van der Waals surface area contributed by atoms with Crippen molar-refractivity contribution in [2.24, 2.45) is 0 Å². The van der Waals surface area contributed by atoms with Crippen LogP contribution in [0.25, 0.3) is 0 Å². The van der Waals surface area contributed by atoms with Crippen molar-refractivity contribution in [2.45, 2.75) is 18.9 Å². The van der Waals surface area contributed by atoms with Gasteiger partial charge in [0.2, 0.25) is 5.95 Å². The molecule has 2 saturated heterocycles. The Morgan fingerprint density at radius 2 is 2.04 bits per heavy atom. The highest BCUT2D eigenvalue weighted by atomic mass is 35.5. The number of nitrogens with one attached hydrogen (secondary N) is 3. The summed E-state index contributed by atoms with van der Waals surface area (Å²) in [5, 5.41) is 7.05. The van der Waals surface area contributed by atoms with Gasteiger partial charge in [-0.05, 0) is 37.1 Å². The van der Waals surface area contributed by atoms with E-state index in [-0.39, 0.29) is 6.10 Å². The number of aromatic nitrogens is 2. The van der Waals surface area contributed by atoms with Gasteiger partial charge < -0.3 is 25.2 Å². The van der Waals surface area contributed by atoms with Gasteiger partial charge in [0.05, 0.1) is 45.5 Å². The van der Waals surface area contributed by atoms with Crippen molar-refractivity contribution in [3.8, 4) is 0 Å². The molecule has 28 heavy (non-hydrogen) atoms. The molecule has 3 heterocycles. The number of ether oxygens (including phenoxy) is 1. The van der Waals surface area contributed by atoms with Crippen LogP contribution in [0.2, 0.25) is 5.02 Å². The highest BCUT2D eigenvalue weighted by Gasteiger charge is 2.17. The molecule has 2 fully saturated rings. The zero-order valence-corrected chi connectivity index (χ0v) is 17.0. The molecule has 0 radical (unpaired) electrons. The maximum Gasteiger partial charge on any atom is 0.229 e. The first kappa shape index (κ1) is 19.2. The van der Waals surface area contributed by atoms with Crippen LogP contribution in [0, 0.1) is 0 Å². The van der Waals surface area contributed by atoms with Gasteiger partial charge in [0.25, 0.3) is 0 Å². The summed E-state index contributed by atoms with van der Waals surface area (Å²) >= 11 is 6.24. The van der Waals surface area contributed by atoms with Crippen molar-refractivity contribution < 1.29 is 9.64 Å². The molecule has 4 rings (SSSR count). The van der Waals surface area contributed by atoms with Crippen LogP contribution in [0.1, 0.15) is 12.8 Å². The standard InChI is InChI=1S/C20H27ClN6O/c1-26-8-10-27(11-9-26)16-6-4-15(5-7-16)24-20-23-14-18(21)19(25-20)22-13-17-3-2-12-28-17/h4-7,14,17H,2-3,8-13H2,1H3,(H2,22,23,24,25)/p+1/t17-/m1/s1. The molecule has 0 saturated carbocycles. The number of nitrogens with zero attached hydrogens (tertiary/aromatic N) is 3. The van der Waals surface area contributed by atoms with Crippen molar-refractivity contribution >= 4 is 34.7 Å². The maximum absolute atomic E-state index is 6.24. The van der Waals surface area contributed by atoms with Gasteiger partial charge in [-0.1, -0.05) is 11.6 Å². The van der Waals surface area contributed by atoms with E-state index in [2.05, 4.69) is 56.8 Å². The van der Waals surface area contributed by atoms with Gasteiger partial charge in [-0.25, -0.2) is 4.98 Å². The summed E-state index contributed by atoms with van der Waals surface area (Å²) < 4.78 is 5.64. The molecule has 0 spiro atoms. The monoisotopic (exact) mass is 403 g/mol. The van der Waals surface area contributed by atoms with E-state index in [0.29, 0.717) is 23.3 Å². The Morgan fingerprint density at radius 3 is 2.75 bits per heavy atom. The Labute approximate surface area is 171 Å². The van der Waals surface area contributed by atoms with Gasteiger partial charge in [-0.2, -0.15) is 4.98 Å². The lowest BCUT2D eigenvalue weighted by molar-refractivity contribution is -0.880. The van der Waals surface area contributed by atoms with Crippen LogP contribution < -0.4 is 20.4 Å². The zero-order valence-electron chi connectivity index (χ0n) is 16.2. The van der Waals surface area contributed by atoms with Crippen molar-refractivity contribution in [1.82, 2.24) is 9.97 Å². The molecule has 1 atom stereocenters. The number of hydrogen-bond acceptors (Lipinski definition) is 6. The van der Waals surface area contributed by atoms with Crippen molar-refractivity contribution in [3.05, 3.63) is 35.5 Å². The first-order valence-electron chi connectivity index (χ1n) is 9.99. The number of piperazine rings is 1. The van der Waals surface area contributed by atoms with Gasteiger partial charge in [-0.15, -0.1) is 0 Å². The second kappa shape index (κ2) is 8.94. The van der Waals surface area contributed by atoms with Gasteiger partial charge in [0.15, 0.2) is 5.82 Å². The summed E-state index contributed by atoms with van der Waals surface area (Å²) in [6, 6.07) is 8.43. The molecule has 7 nitrogen and oxygen atoms in total. The van der Waals surface area contributed by atoms with Crippen molar-refractivity contribution in [1.29, 1.82) is 0 Å². The molecule has 0 aliphatic carbocycles. The number of halogens is 1. The Balaban J connectivity index is 1.37. The molecular formula is C20H28ClN6O+. The number of quaternary nitrogens is 1. The molecule has 1 aromatic heterocycles. The third-order valence-electron chi connectivity index (χ3n) is 5.37. The minimum absolute atomic E-state index is 0.228. The van der Waals surface area contributed by atoms with Gasteiger partial charge >= 0.3 is 0 Å². The quantitative estimate of drug-likeness (QED) is 0.683. The summed E-state index contributed by atoms with van der Waals surface area (Å²) in [5.74, 6) is 1.15. The normalized spacial score (nSPS) is 20.4. The molecule has 150 valence electrons. The van der Waals surface area contributed by atoms with E-state index in [0.717, 1.165) is 38.2 Å². The second-order valence-electron chi connectivity index (χ2n) is 7.52. The molecule has 3 N–H and O–H groups in total. The van der Waals surface area contributed by atoms with E-state index in [4.69, 9.17) is 16.3 Å². The highest BCUT2D eigenvalue weighted by molar-refractivity contribution is 6.32. The molecule has 1 aromatic carbocycles. The second-order valence-corrected chi connectivity index (χ2v) is 7.93. The Bertz CT molecular complexity index is 773. The summed E-state index contributed by atoms with van der Waals surface area (Å²) in [6.07, 6.45) is 4.03. The predicted molar refractivity (Wildman–Crippen MR) is 113 cm³/mol. The zero-order chi connectivity index (χ0) is 19.3. The summed E-state index contributed by atoms with van der Waals surface area (Å²) in [6.45, 7) is 6.09. The molecule has 8 heteroatoms. The molecule has 2 aliphatic heterocycles. The van der Waals surface area contributed by atoms with Crippen LogP contribution in [0.15, 0.2) is 30.5 Å². The molecular weight excluding hydrogens is 376 g/mol. The molecule has 0 unspecified atom stereocenters. The highest BCUT2D eigenvalue weighted by Crippen LogP contribution is 2.24. The lowest BCUT2D eigenvalue weighted by Gasteiger charge is -2.31. The van der Waals surface area contributed by atoms with Crippen LogP contribution in [0.3, 0.4) is 0 Å². The third kappa shape index (κ3) is 4.84. The Kier molecular flexibility index (Phi) is 6.14.